The summed E-state index contributed by atoms with van der Waals surface area (Å²) in [5, 5.41) is 73.3. The van der Waals surface area contributed by atoms with Crippen LogP contribution in [0.15, 0.2) is 23.0 Å². The van der Waals surface area contributed by atoms with Gasteiger partial charge in [-0.2, -0.15) is 0 Å². The van der Waals surface area contributed by atoms with E-state index in [1.807, 2.05) is 0 Å². The van der Waals surface area contributed by atoms with E-state index < -0.39 is 72.6 Å². The molecule has 0 amide bonds. The Bertz CT molecular complexity index is 521. The first-order chi connectivity index (χ1) is 11.1. The van der Waals surface area contributed by atoms with Crippen LogP contribution in [0.4, 0.5) is 0 Å². The fourth-order valence-electron chi connectivity index (χ4n) is 1.63. The van der Waals surface area contributed by atoms with Crippen molar-refractivity contribution in [2.24, 2.45) is 0 Å². The van der Waals surface area contributed by atoms with Crippen molar-refractivity contribution in [3.63, 3.8) is 0 Å². The molecule has 0 saturated heterocycles. The number of ether oxygens (including phenoxy) is 2. The topological polar surface area (TPSA) is 252 Å². The summed E-state index contributed by atoms with van der Waals surface area (Å²) in [6.07, 6.45) is -5.90. The van der Waals surface area contributed by atoms with Crippen LogP contribution in [0.1, 0.15) is 0 Å². The zero-order chi connectivity index (χ0) is 18.6. The van der Waals surface area contributed by atoms with E-state index in [1.54, 1.807) is 0 Å². The van der Waals surface area contributed by atoms with Gasteiger partial charge >= 0.3 is 49.7 Å². The van der Waals surface area contributed by atoms with Gasteiger partial charge in [0.1, 0.15) is 0 Å². The van der Waals surface area contributed by atoms with Gasteiger partial charge in [-0.05, 0) is 0 Å². The van der Waals surface area contributed by atoms with Crippen molar-refractivity contribution in [1.82, 2.24) is 0 Å². The van der Waals surface area contributed by atoms with E-state index in [4.69, 9.17) is 30.6 Å². The molecule has 4 atom stereocenters. The molecule has 0 aromatic carbocycles. The molecule has 0 aromatic rings. The van der Waals surface area contributed by atoms with Crippen LogP contribution >= 0.6 is 0 Å². The van der Waals surface area contributed by atoms with Crippen LogP contribution in [0, 0.1) is 0 Å². The summed E-state index contributed by atoms with van der Waals surface area (Å²) >= 11 is 0. The van der Waals surface area contributed by atoms with Crippen molar-refractivity contribution in [2.45, 2.75) is 24.4 Å². The third-order valence-corrected chi connectivity index (χ3v) is 2.92. The van der Waals surface area contributed by atoms with E-state index >= 15 is 0 Å². The minimum absolute atomic E-state index is 0. The number of carbonyl (C=O) groups excluding carboxylic acids is 2. The molecular weight excluding hydrogens is 392 g/mol. The van der Waals surface area contributed by atoms with E-state index in [2.05, 4.69) is 9.47 Å². The maximum absolute atomic E-state index is 10.5. The number of rotatable bonds is 4. The number of esters is 2. The second kappa shape index (κ2) is 11.4. The molecule has 0 unspecified atom stereocenters. The molecule has 2 aliphatic rings. The van der Waals surface area contributed by atoms with Gasteiger partial charge in [0.25, 0.3) is 0 Å². The first-order valence-corrected chi connectivity index (χ1v) is 6.34. The van der Waals surface area contributed by atoms with E-state index in [9.17, 15) is 19.8 Å². The molecule has 14 heteroatoms. The predicted molar refractivity (Wildman–Crippen MR) is 75.4 cm³/mol. The minimum atomic E-state index is -1.53. The molecule has 0 spiro atoms. The third kappa shape index (κ3) is 5.85. The van der Waals surface area contributed by atoms with Gasteiger partial charge in [-0.15, -0.1) is 13.2 Å². The number of hydrogen-bond donors (Lipinski definition) is 6. The summed E-state index contributed by atoms with van der Waals surface area (Å²) in [6.45, 7) is -1.84. The van der Waals surface area contributed by atoms with Crippen molar-refractivity contribution >= 4 is 49.7 Å². The van der Waals surface area contributed by atoms with E-state index in [0.29, 0.717) is 0 Å². The maximum atomic E-state index is 10.5. The Morgan fingerprint density at radius 1 is 0.808 bits per heavy atom. The number of hydrogen-bond acceptors (Lipinski definition) is 12. The van der Waals surface area contributed by atoms with Crippen molar-refractivity contribution in [3.8, 4) is 0 Å². The Balaban J connectivity index is 0. The molecule has 0 aliphatic carbocycles. The minimum Gasteiger partial charge on any atom is -0.853 e. The first-order valence-electron chi connectivity index (χ1n) is 6.34. The Labute approximate surface area is 175 Å². The summed E-state index contributed by atoms with van der Waals surface area (Å²) in [7, 11) is 0. The SMILES string of the molecule is O.O=C1O[C@H]([C@@H](O)C[O-])C(O)=C1O.O=C1O[C@H]([C@H](O)C[O-])C(O)=C1O.[Ca+2]. The Morgan fingerprint density at radius 3 is 1.23 bits per heavy atom. The average Bonchev–Trinajstić information content (AvgIpc) is 2.98. The molecule has 2 heterocycles. The molecule has 0 radical (unpaired) electrons. The molecule has 2 rings (SSSR count). The van der Waals surface area contributed by atoms with Crippen LogP contribution in [0.5, 0.6) is 0 Å². The van der Waals surface area contributed by atoms with Crippen molar-refractivity contribution in [2.75, 3.05) is 13.2 Å². The van der Waals surface area contributed by atoms with Gasteiger partial charge in [-0.1, -0.05) is 0 Å². The Morgan fingerprint density at radius 2 is 1.08 bits per heavy atom. The van der Waals surface area contributed by atoms with Gasteiger partial charge in [0.15, 0.2) is 23.7 Å². The molecule has 8 N–H and O–H groups in total. The maximum Gasteiger partial charge on any atom is 2.00 e. The van der Waals surface area contributed by atoms with Crippen LogP contribution < -0.4 is 10.2 Å². The largest absolute Gasteiger partial charge is 2.00 e. The molecule has 0 aromatic heterocycles. The number of aliphatic hydroxyl groups excluding tert-OH is 6. The fourth-order valence-corrected chi connectivity index (χ4v) is 1.63. The number of cyclic esters (lactones) is 2. The quantitative estimate of drug-likeness (QED) is 0.188. The summed E-state index contributed by atoms with van der Waals surface area (Å²) < 4.78 is 8.55. The van der Waals surface area contributed by atoms with Crippen molar-refractivity contribution in [3.05, 3.63) is 23.0 Å². The molecule has 0 fully saturated rings. The summed E-state index contributed by atoms with van der Waals surface area (Å²) in [6, 6.07) is 0. The van der Waals surface area contributed by atoms with Gasteiger partial charge in [0.05, 0.1) is 12.2 Å². The number of aliphatic hydroxyl groups is 6. The van der Waals surface area contributed by atoms with Gasteiger partial charge in [-0.3, -0.25) is 0 Å². The Kier molecular flexibility index (Phi) is 11.8. The zero-order valence-electron chi connectivity index (χ0n) is 13.1. The normalized spacial score (nSPS) is 23.8. The second-order valence-corrected chi connectivity index (χ2v) is 4.59. The van der Waals surface area contributed by atoms with Gasteiger partial charge in [-0.25, -0.2) is 9.59 Å². The smallest absolute Gasteiger partial charge is 0.853 e. The van der Waals surface area contributed by atoms with Gasteiger partial charge in [0, 0.05) is 0 Å². The van der Waals surface area contributed by atoms with Crippen molar-refractivity contribution in [1.29, 1.82) is 0 Å². The molecule has 144 valence electrons. The fraction of sp³-hybridized carbons (Fsp3) is 0.500. The molecular formula is C12H16CaO13. The zero-order valence-corrected chi connectivity index (χ0v) is 15.3. The van der Waals surface area contributed by atoms with Crippen molar-refractivity contribution < 1.29 is 65.4 Å². The molecule has 13 nitrogen and oxygen atoms in total. The molecule has 2 aliphatic heterocycles. The van der Waals surface area contributed by atoms with Gasteiger partial charge < -0.3 is 55.8 Å². The molecule has 0 bridgehead atoms. The second-order valence-electron chi connectivity index (χ2n) is 4.59. The standard InChI is InChI=1S/2C6H7O6.Ca.H2O/c2*7-1-2(8)5-3(9)4(10)6(11)12-5;;/h2*2,5,8-10H,1H2;;1H2/q2*-1;+2;/t2-,5+;2-,5-;;/m01../s1. The summed E-state index contributed by atoms with van der Waals surface area (Å²) in [5.41, 5.74) is 0. The molecule has 26 heavy (non-hydrogen) atoms. The third-order valence-electron chi connectivity index (χ3n) is 2.92. The van der Waals surface area contributed by atoms with E-state index in [-0.39, 0.29) is 43.2 Å². The van der Waals surface area contributed by atoms with Crippen LogP contribution in [-0.2, 0) is 19.1 Å². The monoisotopic (exact) mass is 408 g/mol. The van der Waals surface area contributed by atoms with Crippen LogP contribution in [0.25, 0.3) is 0 Å². The summed E-state index contributed by atoms with van der Waals surface area (Å²) in [4.78, 5) is 21.0. The predicted octanol–water partition coefficient (Wildman–Crippen LogP) is -5.28. The Hall–Kier alpha value is -1.32. The van der Waals surface area contributed by atoms with E-state index in [0.717, 1.165) is 0 Å². The van der Waals surface area contributed by atoms with Crippen LogP contribution in [-0.4, -0.2) is 123 Å². The average molecular weight is 408 g/mol. The first kappa shape index (κ1) is 26.9. The van der Waals surface area contributed by atoms with Gasteiger partial charge in [0.2, 0.25) is 11.5 Å². The van der Waals surface area contributed by atoms with Crippen LogP contribution in [0.2, 0.25) is 0 Å². The number of carbonyl (C=O) groups is 2. The molecule has 0 saturated carbocycles. The summed E-state index contributed by atoms with van der Waals surface area (Å²) in [5.74, 6) is -5.75. The van der Waals surface area contributed by atoms with E-state index in [1.165, 1.54) is 0 Å². The van der Waals surface area contributed by atoms with Crippen LogP contribution in [0.3, 0.4) is 0 Å².